The van der Waals surface area contributed by atoms with E-state index in [9.17, 15) is 4.79 Å². The van der Waals surface area contributed by atoms with Crippen molar-refractivity contribution in [3.8, 4) is 0 Å². The van der Waals surface area contributed by atoms with Gasteiger partial charge in [-0.2, -0.15) is 11.8 Å². The molecular weight excluding hydrogens is 306 g/mol. The molecule has 3 N–H and O–H groups in total. The molecule has 1 aromatic carbocycles. The van der Waals surface area contributed by atoms with Crippen molar-refractivity contribution in [3.63, 3.8) is 0 Å². The second-order valence-electron chi connectivity index (χ2n) is 5.39. The summed E-state index contributed by atoms with van der Waals surface area (Å²) in [7, 11) is 2.14. The first kappa shape index (κ1) is 16.5. The quantitative estimate of drug-likeness (QED) is 0.788. The molecule has 0 aliphatic carbocycles. The molecule has 1 amide bonds. The third kappa shape index (κ3) is 5.09. The maximum absolute atomic E-state index is 11.9. The average Bonchev–Trinajstić information content (AvgIpc) is 2.96. The van der Waals surface area contributed by atoms with E-state index in [2.05, 4.69) is 17.3 Å². The zero-order chi connectivity index (χ0) is 15.2. The van der Waals surface area contributed by atoms with Crippen LogP contribution < -0.4 is 11.1 Å². The number of nitrogens with zero attached hydrogens (tertiary/aromatic N) is 1. The molecule has 0 saturated carbocycles. The van der Waals surface area contributed by atoms with Crippen molar-refractivity contribution in [2.75, 3.05) is 36.1 Å². The summed E-state index contributed by atoms with van der Waals surface area (Å²) < 4.78 is 0. The molecule has 0 aromatic heterocycles. The number of nitrogens with two attached hydrogens (primary N) is 1. The van der Waals surface area contributed by atoms with E-state index < -0.39 is 0 Å². The van der Waals surface area contributed by atoms with Crippen LogP contribution in [0.3, 0.4) is 0 Å². The number of hydrogen-bond donors (Lipinski definition) is 2. The molecule has 1 unspecified atom stereocenters. The van der Waals surface area contributed by atoms with Gasteiger partial charge in [-0.3, -0.25) is 4.79 Å². The van der Waals surface area contributed by atoms with Gasteiger partial charge in [0.05, 0.1) is 10.7 Å². The summed E-state index contributed by atoms with van der Waals surface area (Å²) in [5, 5.41) is 3.31. The Hall–Kier alpha value is -0.910. The molecule has 1 aliphatic heterocycles. The number of anilines is 2. The molecule has 0 radical (unpaired) electrons. The number of benzene rings is 1. The highest BCUT2D eigenvalue weighted by molar-refractivity contribution is 7.99. The third-order valence-corrected chi connectivity index (χ3v) is 5.17. The normalized spacial score (nSPS) is 18.1. The van der Waals surface area contributed by atoms with Crippen LogP contribution in [-0.4, -0.2) is 41.9 Å². The predicted octanol–water partition coefficient (Wildman–Crippen LogP) is 3.08. The summed E-state index contributed by atoms with van der Waals surface area (Å²) in [6.07, 6.45) is 2.62. The number of halogens is 1. The van der Waals surface area contributed by atoms with Gasteiger partial charge in [0, 0.05) is 23.9 Å². The summed E-state index contributed by atoms with van der Waals surface area (Å²) in [5.41, 5.74) is 6.84. The Kier molecular flexibility index (Phi) is 6.21. The smallest absolute Gasteiger partial charge is 0.224 e. The third-order valence-electron chi connectivity index (χ3n) is 3.71. The fourth-order valence-electron chi connectivity index (χ4n) is 2.39. The molecule has 4 nitrogen and oxygen atoms in total. The molecule has 1 saturated heterocycles. The number of carbonyl (C=O) groups excluding carboxylic acids is 1. The molecule has 1 heterocycles. The van der Waals surface area contributed by atoms with E-state index in [0.717, 1.165) is 13.0 Å². The molecule has 116 valence electrons. The summed E-state index contributed by atoms with van der Waals surface area (Å²) in [6.45, 7) is 0.952. The van der Waals surface area contributed by atoms with Crippen LogP contribution in [0.25, 0.3) is 0 Å². The highest BCUT2D eigenvalue weighted by Gasteiger charge is 2.19. The van der Waals surface area contributed by atoms with Crippen LogP contribution in [0.1, 0.15) is 19.3 Å². The Bertz CT molecular complexity index is 492. The lowest BCUT2D eigenvalue weighted by atomic mass is 10.2. The first-order chi connectivity index (χ1) is 10.1. The summed E-state index contributed by atoms with van der Waals surface area (Å²) >= 11 is 8.05. The minimum absolute atomic E-state index is 0.00383. The van der Waals surface area contributed by atoms with Crippen LogP contribution >= 0.6 is 23.4 Å². The Morgan fingerprint density at radius 2 is 2.38 bits per heavy atom. The second-order valence-corrected chi connectivity index (χ2v) is 6.95. The highest BCUT2D eigenvalue weighted by atomic mass is 35.5. The van der Waals surface area contributed by atoms with Crippen molar-refractivity contribution in [3.05, 3.63) is 23.2 Å². The first-order valence-electron chi connectivity index (χ1n) is 7.19. The minimum atomic E-state index is -0.00383. The molecule has 0 bridgehead atoms. The van der Waals surface area contributed by atoms with Crippen molar-refractivity contribution in [1.82, 2.24) is 4.90 Å². The van der Waals surface area contributed by atoms with E-state index >= 15 is 0 Å². The molecule has 1 fully saturated rings. The topological polar surface area (TPSA) is 58.4 Å². The lowest BCUT2D eigenvalue weighted by Gasteiger charge is -2.23. The Labute approximate surface area is 135 Å². The number of nitrogens with one attached hydrogen (secondary N) is 1. The number of hydrogen-bond acceptors (Lipinski definition) is 4. The number of carbonyl (C=O) groups is 1. The van der Waals surface area contributed by atoms with E-state index in [1.54, 1.807) is 18.2 Å². The van der Waals surface area contributed by atoms with Crippen molar-refractivity contribution >= 4 is 40.6 Å². The van der Waals surface area contributed by atoms with Crippen LogP contribution in [0.15, 0.2) is 18.2 Å². The molecule has 6 heteroatoms. The van der Waals surface area contributed by atoms with Gasteiger partial charge >= 0.3 is 0 Å². The van der Waals surface area contributed by atoms with Gasteiger partial charge in [0.25, 0.3) is 0 Å². The fourth-order valence-corrected chi connectivity index (χ4v) is 3.92. The molecule has 1 atom stereocenters. The van der Waals surface area contributed by atoms with Gasteiger partial charge in [-0.15, -0.1) is 0 Å². The number of nitrogen functional groups attached to an aromatic ring is 1. The van der Waals surface area contributed by atoms with Crippen LogP contribution in [-0.2, 0) is 4.79 Å². The van der Waals surface area contributed by atoms with E-state index in [1.807, 2.05) is 11.8 Å². The Morgan fingerprint density at radius 3 is 3.05 bits per heavy atom. The average molecular weight is 328 g/mol. The van der Waals surface area contributed by atoms with Crippen LogP contribution in [0.2, 0.25) is 5.02 Å². The van der Waals surface area contributed by atoms with Gasteiger partial charge in [0.1, 0.15) is 0 Å². The van der Waals surface area contributed by atoms with Crippen LogP contribution in [0.5, 0.6) is 0 Å². The predicted molar refractivity (Wildman–Crippen MR) is 92.1 cm³/mol. The number of amides is 1. The first-order valence-corrected chi connectivity index (χ1v) is 8.72. The summed E-state index contributed by atoms with van der Waals surface area (Å²) in [5.74, 6) is 2.46. The van der Waals surface area contributed by atoms with Crippen LogP contribution in [0.4, 0.5) is 11.4 Å². The molecule has 1 aliphatic rings. The van der Waals surface area contributed by atoms with Gasteiger partial charge in [-0.05, 0) is 50.4 Å². The molecule has 2 rings (SSSR count). The van der Waals surface area contributed by atoms with Gasteiger partial charge in [-0.1, -0.05) is 11.6 Å². The van der Waals surface area contributed by atoms with Gasteiger partial charge in [0.2, 0.25) is 5.91 Å². The Morgan fingerprint density at radius 1 is 1.57 bits per heavy atom. The monoisotopic (exact) mass is 327 g/mol. The van der Waals surface area contributed by atoms with Crippen molar-refractivity contribution in [1.29, 1.82) is 0 Å². The zero-order valence-electron chi connectivity index (χ0n) is 12.3. The highest BCUT2D eigenvalue weighted by Crippen LogP contribution is 2.24. The SMILES string of the molecule is CN(CCCC(=O)Nc1ccc(N)cc1Cl)C1CCSC1. The van der Waals surface area contributed by atoms with Crippen molar-refractivity contribution in [2.45, 2.75) is 25.3 Å². The second kappa shape index (κ2) is 7.92. The van der Waals surface area contributed by atoms with Gasteiger partial charge in [0.15, 0.2) is 0 Å². The number of thioether (sulfide) groups is 1. The maximum Gasteiger partial charge on any atom is 0.224 e. The van der Waals surface area contributed by atoms with E-state index in [1.165, 1.54) is 17.9 Å². The standard InChI is InChI=1S/C15H22ClN3OS/c1-19(12-6-8-21-10-12)7-2-3-15(20)18-14-5-4-11(17)9-13(14)16/h4-5,9,12H,2-3,6-8,10,17H2,1H3,(H,18,20). The zero-order valence-corrected chi connectivity index (χ0v) is 13.8. The summed E-state index contributed by atoms with van der Waals surface area (Å²) in [6, 6.07) is 5.78. The van der Waals surface area contributed by atoms with E-state index in [0.29, 0.717) is 28.9 Å². The maximum atomic E-state index is 11.9. The minimum Gasteiger partial charge on any atom is -0.399 e. The van der Waals surface area contributed by atoms with Crippen molar-refractivity contribution < 1.29 is 4.79 Å². The lowest BCUT2D eigenvalue weighted by Crippen LogP contribution is -2.32. The summed E-state index contributed by atoms with van der Waals surface area (Å²) in [4.78, 5) is 14.3. The largest absolute Gasteiger partial charge is 0.399 e. The molecular formula is C15H22ClN3OS. The molecule has 0 spiro atoms. The van der Waals surface area contributed by atoms with Crippen LogP contribution in [0, 0.1) is 0 Å². The van der Waals surface area contributed by atoms with Crippen molar-refractivity contribution in [2.24, 2.45) is 0 Å². The van der Waals surface area contributed by atoms with E-state index in [-0.39, 0.29) is 5.91 Å². The number of rotatable bonds is 6. The molecule has 21 heavy (non-hydrogen) atoms. The molecule has 1 aromatic rings. The fraction of sp³-hybridized carbons (Fsp3) is 0.533. The lowest BCUT2D eigenvalue weighted by molar-refractivity contribution is -0.116. The van der Waals surface area contributed by atoms with Gasteiger partial charge < -0.3 is 16.0 Å². The Balaban J connectivity index is 1.72. The van der Waals surface area contributed by atoms with Gasteiger partial charge in [-0.25, -0.2) is 0 Å². The van der Waals surface area contributed by atoms with E-state index in [4.69, 9.17) is 17.3 Å².